The van der Waals surface area contributed by atoms with Crippen LogP contribution in [-0.2, 0) is 4.79 Å². The third kappa shape index (κ3) is 3.50. The van der Waals surface area contributed by atoms with Crippen molar-refractivity contribution < 1.29 is 13.9 Å². The first-order chi connectivity index (χ1) is 12.0. The van der Waals surface area contributed by atoms with Gasteiger partial charge in [-0.25, -0.2) is 4.79 Å². The summed E-state index contributed by atoms with van der Waals surface area (Å²) in [4.78, 5) is 23.6. The van der Waals surface area contributed by atoms with E-state index in [1.165, 1.54) is 6.92 Å². The van der Waals surface area contributed by atoms with E-state index in [-0.39, 0.29) is 12.0 Å². The lowest BCUT2D eigenvalue weighted by molar-refractivity contribution is -0.114. The standard InChI is InChI=1S/C20H21NO4/c1-4-14(5-2)24-15-7-9-17-16-8-6-13(21-12(3)22)10-18(16)20(23)25-19(17)11-15/h6-11,14H,4-5H2,1-3H3,(H,21,22). The molecule has 0 bridgehead atoms. The molecule has 0 aliphatic heterocycles. The lowest BCUT2D eigenvalue weighted by atomic mass is 10.1. The molecular formula is C20H21NO4. The first kappa shape index (κ1) is 17.0. The second-order valence-electron chi connectivity index (χ2n) is 6.05. The third-order valence-corrected chi connectivity index (χ3v) is 4.22. The minimum absolute atomic E-state index is 0.143. The molecule has 1 heterocycles. The van der Waals surface area contributed by atoms with Crippen LogP contribution >= 0.6 is 0 Å². The number of benzene rings is 2. The van der Waals surface area contributed by atoms with Crippen molar-refractivity contribution in [1.82, 2.24) is 0 Å². The van der Waals surface area contributed by atoms with Crippen LogP contribution in [0.15, 0.2) is 45.6 Å². The molecule has 3 rings (SSSR count). The minimum atomic E-state index is -0.436. The van der Waals surface area contributed by atoms with E-state index < -0.39 is 5.63 Å². The number of carbonyl (C=O) groups excluding carboxylic acids is 1. The average Bonchev–Trinajstić information content (AvgIpc) is 2.59. The summed E-state index contributed by atoms with van der Waals surface area (Å²) >= 11 is 0. The fourth-order valence-electron chi connectivity index (χ4n) is 2.91. The van der Waals surface area contributed by atoms with Crippen molar-refractivity contribution in [2.45, 2.75) is 39.7 Å². The van der Waals surface area contributed by atoms with Crippen molar-refractivity contribution >= 4 is 33.3 Å². The maximum absolute atomic E-state index is 12.4. The number of anilines is 1. The topological polar surface area (TPSA) is 68.5 Å². The number of rotatable bonds is 5. The van der Waals surface area contributed by atoms with Crippen LogP contribution in [0, 0.1) is 0 Å². The molecule has 1 aromatic heterocycles. The number of ether oxygens (including phenoxy) is 1. The molecule has 130 valence electrons. The summed E-state index contributed by atoms with van der Waals surface area (Å²) in [5.41, 5.74) is 0.628. The summed E-state index contributed by atoms with van der Waals surface area (Å²) in [7, 11) is 0. The van der Waals surface area contributed by atoms with Crippen LogP contribution in [0.4, 0.5) is 5.69 Å². The van der Waals surface area contributed by atoms with Crippen molar-refractivity contribution in [2.24, 2.45) is 0 Å². The van der Waals surface area contributed by atoms with Gasteiger partial charge in [-0.1, -0.05) is 19.9 Å². The van der Waals surface area contributed by atoms with Crippen molar-refractivity contribution in [3.8, 4) is 5.75 Å². The van der Waals surface area contributed by atoms with Crippen LogP contribution in [0.3, 0.4) is 0 Å². The van der Waals surface area contributed by atoms with E-state index in [0.29, 0.717) is 22.4 Å². The van der Waals surface area contributed by atoms with E-state index in [1.807, 2.05) is 18.2 Å². The van der Waals surface area contributed by atoms with E-state index in [1.54, 1.807) is 18.2 Å². The molecule has 0 spiro atoms. The summed E-state index contributed by atoms with van der Waals surface area (Å²) < 4.78 is 11.4. The first-order valence-electron chi connectivity index (χ1n) is 8.46. The van der Waals surface area contributed by atoms with Gasteiger partial charge in [-0.05, 0) is 37.1 Å². The predicted molar refractivity (Wildman–Crippen MR) is 99.3 cm³/mol. The van der Waals surface area contributed by atoms with Gasteiger partial charge in [-0.2, -0.15) is 0 Å². The van der Waals surface area contributed by atoms with Crippen molar-refractivity contribution in [3.63, 3.8) is 0 Å². The van der Waals surface area contributed by atoms with Gasteiger partial charge in [0.2, 0.25) is 5.91 Å². The molecule has 3 aromatic rings. The van der Waals surface area contributed by atoms with Crippen LogP contribution in [-0.4, -0.2) is 12.0 Å². The lowest BCUT2D eigenvalue weighted by Gasteiger charge is -2.15. The molecule has 0 aliphatic carbocycles. The molecule has 1 N–H and O–H groups in total. The molecule has 2 aromatic carbocycles. The Labute approximate surface area is 145 Å². The number of amides is 1. The first-order valence-corrected chi connectivity index (χ1v) is 8.46. The van der Waals surface area contributed by atoms with Gasteiger partial charge < -0.3 is 14.5 Å². The molecule has 0 unspecified atom stereocenters. The largest absolute Gasteiger partial charge is 0.490 e. The Morgan fingerprint density at radius 2 is 1.80 bits per heavy atom. The number of carbonyl (C=O) groups is 1. The molecule has 0 saturated carbocycles. The summed E-state index contributed by atoms with van der Waals surface area (Å²) in [6.07, 6.45) is 1.98. The number of nitrogens with one attached hydrogen (secondary N) is 1. The molecule has 0 fully saturated rings. The summed E-state index contributed by atoms with van der Waals surface area (Å²) in [6.45, 7) is 5.58. The minimum Gasteiger partial charge on any atom is -0.490 e. The van der Waals surface area contributed by atoms with Gasteiger partial charge in [0.25, 0.3) is 0 Å². The van der Waals surface area contributed by atoms with E-state index in [0.717, 1.165) is 23.6 Å². The van der Waals surface area contributed by atoms with E-state index in [2.05, 4.69) is 19.2 Å². The van der Waals surface area contributed by atoms with Gasteiger partial charge >= 0.3 is 5.63 Å². The zero-order valence-corrected chi connectivity index (χ0v) is 14.6. The highest BCUT2D eigenvalue weighted by Gasteiger charge is 2.11. The maximum Gasteiger partial charge on any atom is 0.344 e. The summed E-state index contributed by atoms with van der Waals surface area (Å²) in [5, 5.41) is 4.73. The van der Waals surface area contributed by atoms with Crippen LogP contribution < -0.4 is 15.7 Å². The van der Waals surface area contributed by atoms with E-state index in [4.69, 9.17) is 9.15 Å². The fraction of sp³-hybridized carbons (Fsp3) is 0.300. The zero-order chi connectivity index (χ0) is 18.0. The second-order valence-corrected chi connectivity index (χ2v) is 6.05. The molecule has 0 saturated heterocycles. The van der Waals surface area contributed by atoms with Gasteiger partial charge in [0.05, 0.1) is 11.5 Å². The zero-order valence-electron chi connectivity index (χ0n) is 14.6. The molecular weight excluding hydrogens is 318 g/mol. The maximum atomic E-state index is 12.4. The quantitative estimate of drug-likeness (QED) is 0.550. The van der Waals surface area contributed by atoms with Crippen molar-refractivity contribution in [3.05, 3.63) is 46.8 Å². The van der Waals surface area contributed by atoms with Gasteiger partial charge in [0.15, 0.2) is 0 Å². The highest BCUT2D eigenvalue weighted by Crippen LogP contribution is 2.28. The molecule has 0 atom stereocenters. The Bertz CT molecular complexity index is 986. The monoisotopic (exact) mass is 339 g/mol. The summed E-state index contributed by atoms with van der Waals surface area (Å²) in [6, 6.07) is 10.8. The Kier molecular flexibility index (Phi) is 4.74. The van der Waals surface area contributed by atoms with Crippen molar-refractivity contribution in [1.29, 1.82) is 0 Å². The highest BCUT2D eigenvalue weighted by atomic mass is 16.5. The Balaban J connectivity index is 2.09. The van der Waals surface area contributed by atoms with E-state index >= 15 is 0 Å². The molecule has 25 heavy (non-hydrogen) atoms. The molecule has 1 amide bonds. The van der Waals surface area contributed by atoms with Crippen LogP contribution in [0.1, 0.15) is 33.6 Å². The van der Waals surface area contributed by atoms with Crippen LogP contribution in [0.2, 0.25) is 0 Å². The van der Waals surface area contributed by atoms with Gasteiger partial charge in [-0.3, -0.25) is 4.79 Å². The normalized spacial score (nSPS) is 11.2. The van der Waals surface area contributed by atoms with Gasteiger partial charge in [-0.15, -0.1) is 0 Å². The summed E-state index contributed by atoms with van der Waals surface area (Å²) in [5.74, 6) is 0.506. The Morgan fingerprint density at radius 3 is 2.48 bits per heavy atom. The van der Waals surface area contributed by atoms with Crippen molar-refractivity contribution in [2.75, 3.05) is 5.32 Å². The smallest absolute Gasteiger partial charge is 0.344 e. The van der Waals surface area contributed by atoms with Gasteiger partial charge in [0, 0.05) is 29.4 Å². The predicted octanol–water partition coefficient (Wildman–Crippen LogP) is 4.47. The molecule has 5 nitrogen and oxygen atoms in total. The second kappa shape index (κ2) is 6.97. The average molecular weight is 339 g/mol. The number of fused-ring (bicyclic) bond motifs is 3. The van der Waals surface area contributed by atoms with Crippen LogP contribution in [0.5, 0.6) is 5.75 Å². The Morgan fingerprint density at radius 1 is 1.08 bits per heavy atom. The Hall–Kier alpha value is -2.82. The fourth-order valence-corrected chi connectivity index (χ4v) is 2.91. The van der Waals surface area contributed by atoms with E-state index in [9.17, 15) is 9.59 Å². The SMILES string of the molecule is CCC(CC)Oc1ccc2c(c1)oc(=O)c1cc(NC(C)=O)ccc12. The molecule has 5 heteroatoms. The van der Waals surface area contributed by atoms with Crippen LogP contribution in [0.25, 0.3) is 21.7 Å². The lowest BCUT2D eigenvalue weighted by Crippen LogP contribution is -2.13. The van der Waals surface area contributed by atoms with Gasteiger partial charge in [0.1, 0.15) is 11.3 Å². The highest BCUT2D eigenvalue weighted by molar-refractivity contribution is 6.06. The molecule has 0 aliphatic rings. The third-order valence-electron chi connectivity index (χ3n) is 4.22. The molecule has 0 radical (unpaired) electrons. The number of hydrogen-bond acceptors (Lipinski definition) is 4. The number of hydrogen-bond donors (Lipinski definition) is 1.